The number of piperazine rings is 1. The number of aromatic nitrogens is 2. The fourth-order valence-electron chi connectivity index (χ4n) is 2.09. The molecule has 1 aromatic heterocycles. The number of benzene rings is 1. The molecule has 2 aromatic rings. The van der Waals surface area contributed by atoms with Crippen molar-refractivity contribution in [2.45, 2.75) is 12.5 Å². The molecule has 3 rings (SSSR count). The first-order chi connectivity index (χ1) is 9.72. The highest BCUT2D eigenvalue weighted by Gasteiger charge is 2.24. The van der Waals surface area contributed by atoms with Crippen molar-refractivity contribution < 1.29 is 14.4 Å². The van der Waals surface area contributed by atoms with Crippen LogP contribution in [0.2, 0.25) is 0 Å². The fraction of sp³-hybridized carbons (Fsp3) is 0.308. The number of phenolic OH excluding ortho intramolecular Hbond substituents is 1. The monoisotopic (exact) mass is 274 g/mol. The van der Waals surface area contributed by atoms with Crippen LogP contribution in [0.15, 0.2) is 28.8 Å². The third-order valence-electron chi connectivity index (χ3n) is 3.08. The van der Waals surface area contributed by atoms with Gasteiger partial charge in [-0.2, -0.15) is 4.98 Å². The minimum Gasteiger partial charge on any atom is -0.508 e. The molecule has 7 heteroatoms. The van der Waals surface area contributed by atoms with Gasteiger partial charge in [-0.25, -0.2) is 0 Å². The summed E-state index contributed by atoms with van der Waals surface area (Å²) in [6.07, 6.45) is 0.345. The average Bonchev–Trinajstić information content (AvgIpc) is 2.90. The van der Waals surface area contributed by atoms with E-state index in [1.165, 1.54) is 0 Å². The van der Waals surface area contributed by atoms with Crippen molar-refractivity contribution in [3.05, 3.63) is 30.2 Å². The van der Waals surface area contributed by atoms with Gasteiger partial charge in [-0.1, -0.05) is 17.3 Å². The summed E-state index contributed by atoms with van der Waals surface area (Å²) in [7, 11) is 0. The van der Waals surface area contributed by atoms with Gasteiger partial charge in [0.2, 0.25) is 17.6 Å². The van der Waals surface area contributed by atoms with Crippen LogP contribution in [0, 0.1) is 0 Å². The van der Waals surface area contributed by atoms with Crippen LogP contribution in [-0.2, 0) is 11.2 Å². The molecule has 1 aliphatic heterocycles. The van der Waals surface area contributed by atoms with Gasteiger partial charge in [0.1, 0.15) is 5.75 Å². The van der Waals surface area contributed by atoms with Crippen molar-refractivity contribution in [3.8, 4) is 17.1 Å². The lowest BCUT2D eigenvalue weighted by molar-refractivity contribution is -0.124. The van der Waals surface area contributed by atoms with Crippen LogP contribution < -0.4 is 10.6 Å². The van der Waals surface area contributed by atoms with Crippen molar-refractivity contribution in [2.75, 3.05) is 13.1 Å². The summed E-state index contributed by atoms with van der Waals surface area (Å²) in [6.45, 7) is 1.36. The number of nitrogens with zero attached hydrogens (tertiary/aromatic N) is 2. The zero-order chi connectivity index (χ0) is 13.9. The summed E-state index contributed by atoms with van der Waals surface area (Å²) in [5, 5.41) is 19.2. The van der Waals surface area contributed by atoms with Crippen LogP contribution in [0.3, 0.4) is 0 Å². The van der Waals surface area contributed by atoms with Crippen LogP contribution in [0.1, 0.15) is 5.89 Å². The molecule has 20 heavy (non-hydrogen) atoms. The van der Waals surface area contributed by atoms with Crippen LogP contribution in [0.4, 0.5) is 0 Å². The first-order valence-corrected chi connectivity index (χ1v) is 6.35. The van der Waals surface area contributed by atoms with Crippen LogP contribution in [0.5, 0.6) is 5.75 Å². The number of nitrogens with one attached hydrogen (secondary N) is 2. The van der Waals surface area contributed by atoms with Crippen molar-refractivity contribution in [3.63, 3.8) is 0 Å². The summed E-state index contributed by atoms with van der Waals surface area (Å²) in [5.41, 5.74) is 0.668. The molecule has 0 saturated carbocycles. The Balaban J connectivity index is 1.75. The van der Waals surface area contributed by atoms with E-state index in [2.05, 4.69) is 20.8 Å². The zero-order valence-corrected chi connectivity index (χ0v) is 10.7. The van der Waals surface area contributed by atoms with E-state index in [1.807, 2.05) is 0 Å². The molecule has 1 amide bonds. The third-order valence-corrected chi connectivity index (χ3v) is 3.08. The van der Waals surface area contributed by atoms with Crippen molar-refractivity contribution in [1.82, 2.24) is 20.8 Å². The first kappa shape index (κ1) is 12.6. The van der Waals surface area contributed by atoms with Gasteiger partial charge in [0.15, 0.2) is 0 Å². The normalized spacial score (nSPS) is 18.8. The van der Waals surface area contributed by atoms with E-state index < -0.39 is 0 Å². The van der Waals surface area contributed by atoms with Crippen molar-refractivity contribution in [2.24, 2.45) is 0 Å². The molecule has 0 aliphatic carbocycles. The molecule has 1 unspecified atom stereocenters. The molecule has 1 aromatic carbocycles. The number of hydrogen-bond acceptors (Lipinski definition) is 6. The summed E-state index contributed by atoms with van der Waals surface area (Å²) in [4.78, 5) is 15.9. The lowest BCUT2D eigenvalue weighted by Crippen LogP contribution is -2.53. The molecular weight excluding hydrogens is 260 g/mol. The Morgan fingerprint density at radius 1 is 1.40 bits per heavy atom. The Bertz CT molecular complexity index is 626. The van der Waals surface area contributed by atoms with Gasteiger partial charge in [-0.15, -0.1) is 0 Å². The van der Waals surface area contributed by atoms with Gasteiger partial charge in [0, 0.05) is 18.7 Å². The maximum atomic E-state index is 11.6. The van der Waals surface area contributed by atoms with Gasteiger partial charge in [-0.05, 0) is 12.1 Å². The maximum absolute atomic E-state index is 11.6. The summed E-state index contributed by atoms with van der Waals surface area (Å²) < 4.78 is 5.15. The van der Waals surface area contributed by atoms with Crippen molar-refractivity contribution in [1.29, 1.82) is 0 Å². The molecule has 0 radical (unpaired) electrons. The zero-order valence-electron chi connectivity index (χ0n) is 10.7. The average molecular weight is 274 g/mol. The minimum atomic E-state index is -0.346. The molecular formula is C13H14N4O3. The molecule has 0 spiro atoms. The smallest absolute Gasteiger partial charge is 0.237 e. The fourth-order valence-corrected chi connectivity index (χ4v) is 2.09. The van der Waals surface area contributed by atoms with Crippen LogP contribution in [0.25, 0.3) is 11.4 Å². The number of carbonyl (C=O) groups is 1. The number of carbonyl (C=O) groups excluding carboxylic acids is 1. The highest BCUT2D eigenvalue weighted by atomic mass is 16.5. The van der Waals surface area contributed by atoms with Crippen LogP contribution >= 0.6 is 0 Å². The largest absolute Gasteiger partial charge is 0.508 e. The highest BCUT2D eigenvalue weighted by molar-refractivity contribution is 5.82. The van der Waals surface area contributed by atoms with Gasteiger partial charge < -0.3 is 20.3 Å². The molecule has 1 saturated heterocycles. The first-order valence-electron chi connectivity index (χ1n) is 6.35. The standard InChI is InChI=1S/C13H14N4O3/c18-9-3-1-2-8(6-9)12-16-11(20-17-12)7-10-13(19)15-5-4-14-10/h1-3,6,10,14,18H,4-5,7H2,(H,15,19). The van der Waals surface area contributed by atoms with E-state index in [1.54, 1.807) is 24.3 Å². The Morgan fingerprint density at radius 3 is 3.10 bits per heavy atom. The molecule has 7 nitrogen and oxygen atoms in total. The minimum absolute atomic E-state index is 0.0617. The second-order valence-corrected chi connectivity index (χ2v) is 4.56. The van der Waals surface area contributed by atoms with E-state index in [-0.39, 0.29) is 17.7 Å². The van der Waals surface area contributed by atoms with Gasteiger partial charge in [0.25, 0.3) is 0 Å². The molecule has 1 aliphatic rings. The van der Waals surface area contributed by atoms with Crippen molar-refractivity contribution >= 4 is 5.91 Å². The summed E-state index contributed by atoms with van der Waals surface area (Å²) in [6, 6.07) is 6.26. The lowest BCUT2D eigenvalue weighted by atomic mass is 10.1. The van der Waals surface area contributed by atoms with Gasteiger partial charge in [-0.3, -0.25) is 4.79 Å². The van der Waals surface area contributed by atoms with E-state index in [0.29, 0.717) is 30.2 Å². The quantitative estimate of drug-likeness (QED) is 0.732. The lowest BCUT2D eigenvalue weighted by Gasteiger charge is -2.21. The number of phenols is 1. The van der Waals surface area contributed by atoms with E-state index in [0.717, 1.165) is 6.54 Å². The molecule has 2 heterocycles. The predicted octanol–water partition coefficient (Wildman–Crippen LogP) is 0.0727. The van der Waals surface area contributed by atoms with E-state index >= 15 is 0 Å². The number of aromatic hydroxyl groups is 1. The Kier molecular flexibility index (Phi) is 3.34. The van der Waals surface area contributed by atoms with E-state index in [4.69, 9.17) is 4.52 Å². The summed E-state index contributed by atoms with van der Waals surface area (Å²) in [5.74, 6) is 0.862. The van der Waals surface area contributed by atoms with Crippen LogP contribution in [-0.4, -0.2) is 40.3 Å². The third kappa shape index (κ3) is 2.62. The topological polar surface area (TPSA) is 100 Å². The second kappa shape index (κ2) is 5.30. The SMILES string of the molecule is O=C1NCCNC1Cc1nc(-c2cccc(O)c2)no1. The Morgan fingerprint density at radius 2 is 2.30 bits per heavy atom. The molecule has 3 N–H and O–H groups in total. The highest BCUT2D eigenvalue weighted by Crippen LogP contribution is 2.20. The number of hydrogen-bond donors (Lipinski definition) is 3. The van der Waals surface area contributed by atoms with Gasteiger partial charge in [0.05, 0.1) is 12.5 Å². The second-order valence-electron chi connectivity index (χ2n) is 4.56. The van der Waals surface area contributed by atoms with E-state index in [9.17, 15) is 9.90 Å². The Labute approximate surface area is 115 Å². The Hall–Kier alpha value is -2.41. The molecule has 0 bridgehead atoms. The maximum Gasteiger partial charge on any atom is 0.237 e. The van der Waals surface area contributed by atoms with Gasteiger partial charge >= 0.3 is 0 Å². The number of rotatable bonds is 3. The predicted molar refractivity (Wildman–Crippen MR) is 69.9 cm³/mol. The summed E-state index contributed by atoms with van der Waals surface area (Å²) >= 11 is 0. The number of amides is 1. The molecule has 1 atom stereocenters. The molecule has 104 valence electrons. The molecule has 1 fully saturated rings.